The zero-order chi connectivity index (χ0) is 25.0. The van der Waals surface area contributed by atoms with E-state index in [1.54, 1.807) is 0 Å². The number of carbonyl (C=O) groups excluding carboxylic acids is 1. The van der Waals surface area contributed by atoms with Gasteiger partial charge in [0.05, 0.1) is 18.7 Å². The van der Waals surface area contributed by atoms with E-state index in [0.29, 0.717) is 12.1 Å². The fourth-order valence-corrected chi connectivity index (χ4v) is 2.83. The van der Waals surface area contributed by atoms with E-state index in [-0.39, 0.29) is 23.2 Å². The Hall–Kier alpha value is -4.28. The molecule has 3 aromatic rings. The molecule has 0 saturated heterocycles. The number of rotatable bonds is 7. The minimum absolute atomic E-state index is 0.0807. The third-order valence-electron chi connectivity index (χ3n) is 4.30. The van der Waals surface area contributed by atoms with E-state index in [1.165, 1.54) is 37.0 Å². The highest BCUT2D eigenvalue weighted by Crippen LogP contribution is 2.29. The number of benzene rings is 1. The molecule has 9 nitrogen and oxygen atoms in total. The first-order valence-corrected chi connectivity index (χ1v) is 9.38. The summed E-state index contributed by atoms with van der Waals surface area (Å²) in [5.41, 5.74) is -1.03. The minimum atomic E-state index is -5.14. The SMILES string of the molecule is COc1nc([C@H](C)NC(=O)c2cc(OC(F)(F)F)cc(C(F)F)c2)n(-c2ccc(C#N)cn2)n1. The predicted octanol–water partition coefficient (Wildman–Crippen LogP) is 3.87. The molecule has 1 N–H and O–H groups in total. The van der Waals surface area contributed by atoms with E-state index in [1.807, 2.05) is 6.07 Å². The van der Waals surface area contributed by atoms with Crippen molar-refractivity contribution in [3.63, 3.8) is 0 Å². The summed E-state index contributed by atoms with van der Waals surface area (Å²) in [6, 6.07) is 5.79. The molecule has 34 heavy (non-hydrogen) atoms. The first-order valence-electron chi connectivity index (χ1n) is 9.38. The lowest BCUT2D eigenvalue weighted by Crippen LogP contribution is -2.29. The molecule has 0 aliphatic heterocycles. The van der Waals surface area contributed by atoms with Gasteiger partial charge in [-0.25, -0.2) is 13.8 Å². The van der Waals surface area contributed by atoms with Crippen molar-refractivity contribution in [1.29, 1.82) is 5.26 Å². The largest absolute Gasteiger partial charge is 0.573 e. The summed E-state index contributed by atoms with van der Waals surface area (Å²) in [5, 5.41) is 15.5. The summed E-state index contributed by atoms with van der Waals surface area (Å²) in [6.45, 7) is 1.48. The van der Waals surface area contributed by atoms with E-state index < -0.39 is 41.6 Å². The van der Waals surface area contributed by atoms with Gasteiger partial charge in [-0.1, -0.05) is 0 Å². The third kappa shape index (κ3) is 5.74. The molecule has 178 valence electrons. The summed E-state index contributed by atoms with van der Waals surface area (Å²) in [7, 11) is 1.30. The number of nitriles is 1. The van der Waals surface area contributed by atoms with Gasteiger partial charge in [0.1, 0.15) is 11.8 Å². The summed E-state index contributed by atoms with van der Waals surface area (Å²) >= 11 is 0. The molecule has 1 atom stereocenters. The van der Waals surface area contributed by atoms with Crippen molar-refractivity contribution < 1.29 is 36.2 Å². The average molecular weight is 482 g/mol. The molecular weight excluding hydrogens is 467 g/mol. The van der Waals surface area contributed by atoms with E-state index in [2.05, 4.69) is 25.1 Å². The lowest BCUT2D eigenvalue weighted by molar-refractivity contribution is -0.274. The van der Waals surface area contributed by atoms with Crippen molar-refractivity contribution in [2.45, 2.75) is 25.8 Å². The van der Waals surface area contributed by atoms with Gasteiger partial charge in [-0.15, -0.1) is 18.3 Å². The quantitative estimate of drug-likeness (QED) is 0.509. The topological polar surface area (TPSA) is 115 Å². The van der Waals surface area contributed by atoms with Crippen LogP contribution in [0.3, 0.4) is 0 Å². The van der Waals surface area contributed by atoms with Crippen molar-refractivity contribution >= 4 is 5.91 Å². The number of halogens is 5. The van der Waals surface area contributed by atoms with Gasteiger partial charge in [0.15, 0.2) is 11.6 Å². The van der Waals surface area contributed by atoms with Crippen LogP contribution < -0.4 is 14.8 Å². The van der Waals surface area contributed by atoms with Crippen LogP contribution in [-0.4, -0.2) is 39.1 Å². The highest BCUT2D eigenvalue weighted by atomic mass is 19.4. The zero-order valence-corrected chi connectivity index (χ0v) is 17.5. The molecule has 2 aromatic heterocycles. The summed E-state index contributed by atoms with van der Waals surface area (Å²) in [4.78, 5) is 20.9. The lowest BCUT2D eigenvalue weighted by atomic mass is 10.1. The zero-order valence-electron chi connectivity index (χ0n) is 17.5. The minimum Gasteiger partial charge on any atom is -0.466 e. The number of hydrogen-bond acceptors (Lipinski definition) is 7. The molecule has 0 radical (unpaired) electrons. The van der Waals surface area contributed by atoms with E-state index in [0.717, 1.165) is 6.07 Å². The molecule has 0 saturated carbocycles. The van der Waals surface area contributed by atoms with Crippen molar-refractivity contribution in [2.75, 3.05) is 7.11 Å². The normalized spacial score (nSPS) is 12.2. The van der Waals surface area contributed by atoms with Gasteiger partial charge in [-0.2, -0.15) is 14.9 Å². The van der Waals surface area contributed by atoms with Gasteiger partial charge in [0, 0.05) is 17.3 Å². The Labute approximate surface area is 188 Å². The van der Waals surface area contributed by atoms with Crippen molar-refractivity contribution in [3.8, 4) is 23.6 Å². The van der Waals surface area contributed by atoms with Crippen LogP contribution in [0, 0.1) is 11.3 Å². The van der Waals surface area contributed by atoms with Crippen molar-refractivity contribution in [2.24, 2.45) is 0 Å². The van der Waals surface area contributed by atoms with Gasteiger partial charge >= 0.3 is 12.4 Å². The van der Waals surface area contributed by atoms with Crippen molar-refractivity contribution in [1.82, 2.24) is 25.1 Å². The fourth-order valence-electron chi connectivity index (χ4n) is 2.83. The number of carbonyl (C=O) groups is 1. The van der Waals surface area contributed by atoms with Crippen LogP contribution in [0.25, 0.3) is 5.82 Å². The second kappa shape index (κ2) is 9.69. The Bertz CT molecular complexity index is 1220. The number of alkyl halides is 5. The van der Waals surface area contributed by atoms with E-state index in [9.17, 15) is 26.7 Å². The first kappa shape index (κ1) is 24.4. The fraction of sp³-hybridized carbons (Fsp3) is 0.250. The van der Waals surface area contributed by atoms with Gasteiger partial charge in [0.25, 0.3) is 12.3 Å². The molecule has 1 amide bonds. The molecule has 2 heterocycles. The second-order valence-electron chi connectivity index (χ2n) is 6.72. The smallest absolute Gasteiger partial charge is 0.466 e. The maximum absolute atomic E-state index is 13.2. The summed E-state index contributed by atoms with van der Waals surface area (Å²) < 4.78 is 73.9. The molecule has 0 aliphatic carbocycles. The van der Waals surface area contributed by atoms with Crippen LogP contribution in [0.2, 0.25) is 0 Å². The maximum atomic E-state index is 13.2. The van der Waals surface area contributed by atoms with Crippen LogP contribution in [0.1, 0.15) is 46.7 Å². The highest BCUT2D eigenvalue weighted by molar-refractivity contribution is 5.95. The maximum Gasteiger partial charge on any atom is 0.573 e. The van der Waals surface area contributed by atoms with Crippen LogP contribution in [0.5, 0.6) is 11.8 Å². The molecule has 14 heteroatoms. The van der Waals surface area contributed by atoms with Crippen LogP contribution in [-0.2, 0) is 0 Å². The lowest BCUT2D eigenvalue weighted by Gasteiger charge is -2.16. The molecular formula is C20H15F5N6O3. The van der Waals surface area contributed by atoms with Gasteiger partial charge in [-0.05, 0) is 37.3 Å². The molecule has 1 aromatic carbocycles. The number of amides is 1. The van der Waals surface area contributed by atoms with Gasteiger partial charge < -0.3 is 14.8 Å². The average Bonchev–Trinajstić information content (AvgIpc) is 3.22. The monoisotopic (exact) mass is 482 g/mol. The molecule has 3 rings (SSSR count). The Morgan fingerprint density at radius 2 is 1.97 bits per heavy atom. The Morgan fingerprint density at radius 1 is 1.24 bits per heavy atom. The molecule has 0 spiro atoms. The number of nitrogens with zero attached hydrogens (tertiary/aromatic N) is 5. The van der Waals surface area contributed by atoms with Crippen LogP contribution in [0.15, 0.2) is 36.5 Å². The number of aromatic nitrogens is 4. The van der Waals surface area contributed by atoms with Crippen LogP contribution in [0.4, 0.5) is 22.0 Å². The van der Waals surface area contributed by atoms with E-state index in [4.69, 9.17) is 10.00 Å². The Kier molecular flexibility index (Phi) is 6.94. The van der Waals surface area contributed by atoms with E-state index >= 15 is 0 Å². The molecule has 0 aliphatic rings. The van der Waals surface area contributed by atoms with Crippen LogP contribution >= 0.6 is 0 Å². The third-order valence-corrected chi connectivity index (χ3v) is 4.30. The highest BCUT2D eigenvalue weighted by Gasteiger charge is 2.32. The standard InChI is InChI=1S/C20H15F5N6O3/c1-10(17-29-19(33-2)30-31(17)15-4-3-11(8-26)9-27-15)28-18(32)13-5-12(16(21)22)6-14(7-13)34-20(23,24)25/h3-7,9-10,16H,1-2H3,(H,28,32)/t10-/m0/s1. The number of pyridine rings is 1. The van der Waals surface area contributed by atoms with Crippen molar-refractivity contribution in [3.05, 3.63) is 59.0 Å². The first-order chi connectivity index (χ1) is 16.0. The predicted molar refractivity (Wildman–Crippen MR) is 104 cm³/mol. The Balaban J connectivity index is 1.91. The number of nitrogens with one attached hydrogen (secondary N) is 1. The summed E-state index contributed by atoms with van der Waals surface area (Å²) in [5.74, 6) is -1.59. The number of hydrogen-bond donors (Lipinski definition) is 1. The number of methoxy groups -OCH3 is 1. The van der Waals surface area contributed by atoms with Gasteiger partial charge in [0.2, 0.25) is 0 Å². The Morgan fingerprint density at radius 3 is 2.53 bits per heavy atom. The molecule has 0 unspecified atom stereocenters. The second-order valence-corrected chi connectivity index (χ2v) is 6.72. The number of ether oxygens (including phenoxy) is 2. The molecule has 0 fully saturated rings. The summed E-state index contributed by atoms with van der Waals surface area (Å²) in [6.07, 6.45) is -6.99. The molecule has 0 bridgehead atoms. The van der Waals surface area contributed by atoms with Gasteiger partial charge in [-0.3, -0.25) is 4.79 Å².